The molecule has 0 aromatic heterocycles. The van der Waals surface area contributed by atoms with Gasteiger partial charge in [-0.3, -0.25) is 9.59 Å². The number of benzene rings is 1. The Balaban J connectivity index is 1.92. The highest BCUT2D eigenvalue weighted by atomic mass is 19.1. The van der Waals surface area contributed by atoms with Crippen LogP contribution in [0.3, 0.4) is 0 Å². The molecule has 4 atom stereocenters. The van der Waals surface area contributed by atoms with Crippen molar-refractivity contribution in [2.75, 3.05) is 45.1 Å². The summed E-state index contributed by atoms with van der Waals surface area (Å²) in [6, 6.07) is 3.19. The number of hydrogen-bond acceptors (Lipinski definition) is 10. The Bertz CT molecular complexity index is 1010. The molecule has 14 heteroatoms. The summed E-state index contributed by atoms with van der Waals surface area (Å²) in [5.41, 5.74) is 5.48. The molecule has 0 bridgehead atoms. The molecule has 0 radical (unpaired) electrons. The Morgan fingerprint density at radius 1 is 1.18 bits per heavy atom. The van der Waals surface area contributed by atoms with Gasteiger partial charge in [0, 0.05) is 30.5 Å². The van der Waals surface area contributed by atoms with Gasteiger partial charge in [-0.1, -0.05) is 0 Å². The van der Waals surface area contributed by atoms with Gasteiger partial charge in [0.05, 0.1) is 39.3 Å². The van der Waals surface area contributed by atoms with Crippen LogP contribution in [0, 0.1) is 12.3 Å². The first kappa shape index (κ1) is 32.9. The van der Waals surface area contributed by atoms with E-state index in [2.05, 4.69) is 16.6 Å². The van der Waals surface area contributed by atoms with Gasteiger partial charge >= 0.3 is 5.97 Å². The van der Waals surface area contributed by atoms with Gasteiger partial charge in [-0.2, -0.15) is 0 Å². The van der Waals surface area contributed by atoms with E-state index in [4.69, 9.17) is 40.9 Å². The summed E-state index contributed by atoms with van der Waals surface area (Å²) >= 11 is 0. The lowest BCUT2D eigenvalue weighted by Crippen LogP contribution is -2.45. The fourth-order valence-electron chi connectivity index (χ4n) is 3.66. The number of aliphatic hydroxyl groups excluding tert-OH is 1. The molecule has 1 aromatic rings. The van der Waals surface area contributed by atoms with Crippen LogP contribution >= 0.6 is 0 Å². The fourth-order valence-corrected chi connectivity index (χ4v) is 3.66. The summed E-state index contributed by atoms with van der Waals surface area (Å²) in [5, 5.41) is 24.3. The van der Waals surface area contributed by atoms with Crippen LogP contribution in [0.1, 0.15) is 31.2 Å². The van der Waals surface area contributed by atoms with Crippen molar-refractivity contribution in [2.24, 2.45) is 5.73 Å². The van der Waals surface area contributed by atoms with E-state index in [-0.39, 0.29) is 69.2 Å². The Kier molecular flexibility index (Phi) is 14.9. The first-order valence-corrected chi connectivity index (χ1v) is 12.7. The Morgan fingerprint density at radius 2 is 1.90 bits per heavy atom. The number of halogens is 1. The number of alkyl halides is 1. The van der Waals surface area contributed by atoms with E-state index in [9.17, 15) is 23.9 Å². The smallest absolute Gasteiger partial charge is 0.333 e. The number of carboxylic acids is 1. The van der Waals surface area contributed by atoms with Crippen LogP contribution in [0.5, 0.6) is 5.75 Å². The molecule has 1 aromatic carbocycles. The summed E-state index contributed by atoms with van der Waals surface area (Å²) in [6.45, 7) is -0.0929. The lowest BCUT2D eigenvalue weighted by molar-refractivity contribution is -0.195. The van der Waals surface area contributed by atoms with Crippen molar-refractivity contribution in [3.63, 3.8) is 0 Å². The van der Waals surface area contributed by atoms with E-state index in [0.717, 1.165) is 0 Å². The third kappa shape index (κ3) is 11.8. The molecule has 1 fully saturated rings. The number of ether oxygens (including phenoxy) is 5. The molecule has 1 heterocycles. The van der Waals surface area contributed by atoms with Crippen molar-refractivity contribution in [2.45, 2.75) is 56.9 Å². The van der Waals surface area contributed by atoms with Crippen molar-refractivity contribution in [3.8, 4) is 18.1 Å². The minimum atomic E-state index is -1.25. The molecule has 1 aliphatic rings. The van der Waals surface area contributed by atoms with Crippen molar-refractivity contribution < 1.29 is 52.7 Å². The van der Waals surface area contributed by atoms with E-state index in [1.54, 1.807) is 0 Å². The second kappa shape index (κ2) is 18.1. The van der Waals surface area contributed by atoms with Gasteiger partial charge < -0.3 is 50.3 Å². The minimum absolute atomic E-state index is 0.00500. The normalized spacial score (nSPS) is 19.3. The summed E-state index contributed by atoms with van der Waals surface area (Å²) in [7, 11) is 0. The van der Waals surface area contributed by atoms with Gasteiger partial charge in [-0.25, -0.2) is 9.18 Å². The second-order valence-corrected chi connectivity index (χ2v) is 8.68. The first-order valence-electron chi connectivity index (χ1n) is 12.7. The molecule has 40 heavy (non-hydrogen) atoms. The molecular formula is C26H36FN3O10. The third-order valence-electron chi connectivity index (χ3n) is 5.60. The molecule has 6 N–H and O–H groups in total. The number of nitrogens with one attached hydrogen (secondary N) is 2. The van der Waals surface area contributed by atoms with Crippen LogP contribution in [0.2, 0.25) is 0 Å². The van der Waals surface area contributed by atoms with E-state index in [1.165, 1.54) is 18.2 Å². The predicted octanol–water partition coefficient (Wildman–Crippen LogP) is 0.288. The summed E-state index contributed by atoms with van der Waals surface area (Å²) in [4.78, 5) is 36.4. The monoisotopic (exact) mass is 569 g/mol. The number of hydrogen-bond donors (Lipinski definition) is 5. The zero-order valence-electron chi connectivity index (χ0n) is 22.0. The van der Waals surface area contributed by atoms with E-state index in [1.807, 2.05) is 0 Å². The Hall–Kier alpha value is -3.32. The number of nitrogens with two attached hydrogens (primary N) is 1. The topological polar surface area (TPSA) is 188 Å². The second-order valence-electron chi connectivity index (χ2n) is 8.68. The standard InChI is InChI=1S/C26H36FN3O10/c1-2-3-4-20(30-23(32)15-37-9-7-36-8-10-38-16-28)25(33)29-18-5-6-21(17(11-18)14-27)39-24-13-19(31)12-22(40-24)26(34)35/h1,5-6,11,19-20,22,24,31H,3-4,7-10,12-16,28H2,(H,29,33)(H,30,32)(H,34,35). The zero-order chi connectivity index (χ0) is 29.3. The molecule has 1 aliphatic heterocycles. The van der Waals surface area contributed by atoms with E-state index in [0.29, 0.717) is 13.2 Å². The van der Waals surface area contributed by atoms with Gasteiger partial charge in [0.2, 0.25) is 18.1 Å². The summed E-state index contributed by atoms with van der Waals surface area (Å²) < 4.78 is 40.1. The van der Waals surface area contributed by atoms with Gasteiger partial charge in [-0.05, 0) is 24.6 Å². The molecule has 0 saturated carbocycles. The molecule has 222 valence electrons. The molecule has 4 unspecified atom stereocenters. The molecule has 1 saturated heterocycles. The van der Waals surface area contributed by atoms with Crippen LogP contribution < -0.4 is 21.1 Å². The number of amides is 2. The van der Waals surface area contributed by atoms with Gasteiger partial charge in [0.15, 0.2) is 6.10 Å². The van der Waals surface area contributed by atoms with Crippen LogP contribution in [-0.2, 0) is 40.0 Å². The van der Waals surface area contributed by atoms with Crippen LogP contribution in [0.4, 0.5) is 10.1 Å². The maximum Gasteiger partial charge on any atom is 0.333 e. The van der Waals surface area contributed by atoms with Crippen LogP contribution in [-0.4, -0.2) is 92.3 Å². The quantitative estimate of drug-likeness (QED) is 0.0929. The molecule has 2 rings (SSSR count). The predicted molar refractivity (Wildman–Crippen MR) is 139 cm³/mol. The average Bonchev–Trinajstić information content (AvgIpc) is 2.92. The Morgan fingerprint density at radius 3 is 2.58 bits per heavy atom. The zero-order valence-corrected chi connectivity index (χ0v) is 22.0. The van der Waals surface area contributed by atoms with Crippen LogP contribution in [0.15, 0.2) is 18.2 Å². The number of rotatable bonds is 18. The molecule has 2 amide bonds. The maximum absolute atomic E-state index is 13.8. The van der Waals surface area contributed by atoms with Gasteiger partial charge in [0.1, 0.15) is 25.1 Å². The average molecular weight is 570 g/mol. The lowest BCUT2D eigenvalue weighted by atomic mass is 10.1. The fraction of sp³-hybridized carbons (Fsp3) is 0.577. The molecule has 0 spiro atoms. The molecular weight excluding hydrogens is 533 g/mol. The minimum Gasteiger partial charge on any atom is -0.479 e. The van der Waals surface area contributed by atoms with Crippen LogP contribution in [0.25, 0.3) is 0 Å². The van der Waals surface area contributed by atoms with Crippen molar-refractivity contribution in [1.29, 1.82) is 0 Å². The SMILES string of the molecule is C#CCCC(NC(=O)COCCOCCOCN)C(=O)Nc1ccc(OC2CC(O)CC(C(=O)O)O2)c(CF)c1. The summed E-state index contributed by atoms with van der Waals surface area (Å²) in [5.74, 6) is 0.128. The number of terminal acetylenes is 1. The van der Waals surface area contributed by atoms with E-state index >= 15 is 0 Å². The van der Waals surface area contributed by atoms with Crippen molar-refractivity contribution in [1.82, 2.24) is 5.32 Å². The number of carboxylic acid groups (broad SMARTS) is 1. The van der Waals surface area contributed by atoms with Gasteiger partial charge in [-0.15, -0.1) is 12.3 Å². The molecule has 0 aliphatic carbocycles. The van der Waals surface area contributed by atoms with Crippen molar-refractivity contribution in [3.05, 3.63) is 23.8 Å². The Labute approximate surface area is 231 Å². The number of carbonyl (C=O) groups is 3. The maximum atomic E-state index is 13.8. The number of anilines is 1. The van der Waals surface area contributed by atoms with Gasteiger partial charge in [0.25, 0.3) is 0 Å². The third-order valence-corrected chi connectivity index (χ3v) is 5.60. The highest BCUT2D eigenvalue weighted by Gasteiger charge is 2.34. The largest absolute Gasteiger partial charge is 0.479 e. The number of carbonyl (C=O) groups excluding carboxylic acids is 2. The molecule has 13 nitrogen and oxygen atoms in total. The number of aliphatic carboxylic acids is 1. The van der Waals surface area contributed by atoms with Crippen molar-refractivity contribution >= 4 is 23.5 Å². The van der Waals surface area contributed by atoms with E-state index < -0.39 is 49.0 Å². The highest BCUT2D eigenvalue weighted by Crippen LogP contribution is 2.29. The lowest BCUT2D eigenvalue weighted by Gasteiger charge is -2.31. The first-order chi connectivity index (χ1) is 19.3. The highest BCUT2D eigenvalue weighted by molar-refractivity contribution is 5.97. The summed E-state index contributed by atoms with van der Waals surface area (Å²) in [6.07, 6.45) is 2.30. The number of aliphatic hydroxyl groups is 1.